The van der Waals surface area contributed by atoms with Gasteiger partial charge in [-0.2, -0.15) is 0 Å². The van der Waals surface area contributed by atoms with Crippen molar-refractivity contribution in [2.45, 2.75) is 122 Å². The molecule has 3 rings (SSSR count). The van der Waals surface area contributed by atoms with Gasteiger partial charge in [-0.25, -0.2) is 0 Å². The molecule has 186 valence electrons. The van der Waals surface area contributed by atoms with Crippen LogP contribution in [-0.4, -0.2) is 7.11 Å². The van der Waals surface area contributed by atoms with Crippen molar-refractivity contribution >= 4 is 0 Å². The Hall–Kier alpha value is -1.08. The van der Waals surface area contributed by atoms with Gasteiger partial charge in [0.2, 0.25) is 0 Å². The quantitative estimate of drug-likeness (QED) is 0.201. The van der Waals surface area contributed by atoms with Gasteiger partial charge in [-0.05, 0) is 79.7 Å². The molecule has 0 radical (unpaired) electrons. The maximum absolute atomic E-state index is 5.55. The fourth-order valence-electron chi connectivity index (χ4n) is 6.59. The minimum Gasteiger partial charge on any atom is -0.377 e. The third-order valence-electron chi connectivity index (χ3n) is 9.00. The number of benzene rings is 1. The summed E-state index contributed by atoms with van der Waals surface area (Å²) in [6, 6.07) is 9.16. The van der Waals surface area contributed by atoms with E-state index in [1.165, 1.54) is 114 Å². The second-order valence-electron chi connectivity index (χ2n) is 11.3. The molecular formula is C32H52O. The summed E-state index contributed by atoms with van der Waals surface area (Å²) in [4.78, 5) is 0. The minimum atomic E-state index is 0.247. The summed E-state index contributed by atoms with van der Waals surface area (Å²) in [7, 11) is 1.81. The lowest BCUT2D eigenvalue weighted by atomic mass is 9.77. The maximum Gasteiger partial charge on any atom is 0.0818 e. The third-order valence-corrected chi connectivity index (χ3v) is 9.00. The van der Waals surface area contributed by atoms with Crippen molar-refractivity contribution in [3.8, 4) is 0 Å². The number of hydrogen-bond donors (Lipinski definition) is 0. The lowest BCUT2D eigenvalue weighted by molar-refractivity contribution is 0.100. The second kappa shape index (κ2) is 15.0. The van der Waals surface area contributed by atoms with E-state index in [1.54, 1.807) is 0 Å². The molecule has 1 atom stereocenters. The molecule has 0 bridgehead atoms. The molecular weight excluding hydrogens is 400 g/mol. The topological polar surface area (TPSA) is 9.23 Å². The zero-order valence-electron chi connectivity index (χ0n) is 21.9. The fourth-order valence-corrected chi connectivity index (χ4v) is 6.59. The van der Waals surface area contributed by atoms with Crippen molar-refractivity contribution in [3.05, 3.63) is 48.0 Å². The smallest absolute Gasteiger partial charge is 0.0818 e. The number of aryl methyl sites for hydroxylation is 1. The molecule has 1 aromatic carbocycles. The predicted octanol–water partition coefficient (Wildman–Crippen LogP) is 9.86. The van der Waals surface area contributed by atoms with E-state index >= 15 is 0 Å². The van der Waals surface area contributed by atoms with E-state index in [0.717, 1.165) is 30.1 Å². The van der Waals surface area contributed by atoms with Gasteiger partial charge in [-0.1, -0.05) is 101 Å². The number of rotatable bonds is 14. The van der Waals surface area contributed by atoms with Gasteiger partial charge < -0.3 is 4.74 Å². The number of unbranched alkanes of at least 4 members (excludes halogenated alkanes) is 2. The van der Waals surface area contributed by atoms with Gasteiger partial charge in [0.15, 0.2) is 0 Å². The van der Waals surface area contributed by atoms with Crippen LogP contribution in [0.15, 0.2) is 36.9 Å². The van der Waals surface area contributed by atoms with Crippen LogP contribution >= 0.6 is 0 Å². The van der Waals surface area contributed by atoms with Crippen LogP contribution in [0.3, 0.4) is 0 Å². The molecule has 2 aliphatic rings. The van der Waals surface area contributed by atoms with E-state index in [-0.39, 0.29) is 6.10 Å². The van der Waals surface area contributed by atoms with Gasteiger partial charge in [-0.3, -0.25) is 0 Å². The highest BCUT2D eigenvalue weighted by Crippen LogP contribution is 2.36. The summed E-state index contributed by atoms with van der Waals surface area (Å²) in [5.74, 6) is 3.89. The van der Waals surface area contributed by atoms with Crippen LogP contribution in [0.1, 0.15) is 127 Å². The van der Waals surface area contributed by atoms with Crippen molar-refractivity contribution < 1.29 is 4.74 Å². The van der Waals surface area contributed by atoms with Gasteiger partial charge in [0.05, 0.1) is 6.10 Å². The van der Waals surface area contributed by atoms with Crippen LogP contribution in [0.5, 0.6) is 0 Å². The zero-order chi connectivity index (χ0) is 23.3. The summed E-state index contributed by atoms with van der Waals surface area (Å²) in [6.45, 7) is 6.17. The second-order valence-corrected chi connectivity index (χ2v) is 11.3. The molecule has 1 heteroatoms. The standard InChI is InChI=1S/C32H52O/c1-4-26-14-16-27(17-15-26)10-6-7-11-28-18-20-29(21-19-28)12-8-9-13-30-22-24-31(25-23-30)32(5-2)33-3/h4,22-29,32H,1,5-21H2,2-3H3/t26-,27-,28-,29-,32?. The highest BCUT2D eigenvalue weighted by Gasteiger charge is 2.22. The van der Waals surface area contributed by atoms with E-state index in [1.807, 2.05) is 7.11 Å². The Bertz CT molecular complexity index is 627. The van der Waals surface area contributed by atoms with E-state index in [0.29, 0.717) is 0 Å². The van der Waals surface area contributed by atoms with Crippen LogP contribution in [0.2, 0.25) is 0 Å². The number of allylic oxidation sites excluding steroid dienone is 1. The molecule has 0 spiro atoms. The highest BCUT2D eigenvalue weighted by molar-refractivity contribution is 5.24. The Morgan fingerprint density at radius 2 is 1.27 bits per heavy atom. The predicted molar refractivity (Wildman–Crippen MR) is 144 cm³/mol. The molecule has 2 aliphatic carbocycles. The van der Waals surface area contributed by atoms with Gasteiger partial charge in [0.1, 0.15) is 0 Å². The monoisotopic (exact) mass is 452 g/mol. The van der Waals surface area contributed by atoms with Gasteiger partial charge in [0.25, 0.3) is 0 Å². The lowest BCUT2D eigenvalue weighted by Gasteiger charge is -2.29. The van der Waals surface area contributed by atoms with E-state index in [9.17, 15) is 0 Å². The lowest BCUT2D eigenvalue weighted by Crippen LogP contribution is -2.15. The van der Waals surface area contributed by atoms with Crippen molar-refractivity contribution in [1.29, 1.82) is 0 Å². The molecule has 0 amide bonds. The average Bonchev–Trinajstić information content (AvgIpc) is 2.87. The maximum atomic E-state index is 5.55. The van der Waals surface area contributed by atoms with Crippen LogP contribution in [0, 0.1) is 23.7 Å². The Kier molecular flexibility index (Phi) is 12.1. The number of ether oxygens (including phenoxy) is 1. The average molecular weight is 453 g/mol. The summed E-state index contributed by atoms with van der Waals surface area (Å²) < 4.78 is 5.55. The molecule has 2 saturated carbocycles. The number of methoxy groups -OCH3 is 1. The van der Waals surface area contributed by atoms with E-state index in [2.05, 4.69) is 43.8 Å². The van der Waals surface area contributed by atoms with Crippen LogP contribution in [-0.2, 0) is 11.2 Å². The summed E-state index contributed by atoms with van der Waals surface area (Å²) in [5, 5.41) is 0. The molecule has 33 heavy (non-hydrogen) atoms. The van der Waals surface area contributed by atoms with E-state index < -0.39 is 0 Å². The fraction of sp³-hybridized carbons (Fsp3) is 0.750. The van der Waals surface area contributed by atoms with Gasteiger partial charge in [-0.15, -0.1) is 6.58 Å². The normalized spacial score (nSPS) is 26.7. The van der Waals surface area contributed by atoms with Gasteiger partial charge >= 0.3 is 0 Å². The third kappa shape index (κ3) is 9.23. The first-order valence-electron chi connectivity index (χ1n) is 14.5. The summed E-state index contributed by atoms with van der Waals surface area (Å²) in [5.41, 5.74) is 2.80. The van der Waals surface area contributed by atoms with Crippen LogP contribution < -0.4 is 0 Å². The van der Waals surface area contributed by atoms with Crippen molar-refractivity contribution in [3.63, 3.8) is 0 Å². The first-order chi connectivity index (χ1) is 16.2. The minimum absolute atomic E-state index is 0.247. The Balaban J connectivity index is 1.19. The van der Waals surface area contributed by atoms with Gasteiger partial charge in [0, 0.05) is 7.11 Å². The molecule has 0 aromatic heterocycles. The highest BCUT2D eigenvalue weighted by atomic mass is 16.5. The molecule has 1 aromatic rings. The molecule has 2 fully saturated rings. The Morgan fingerprint density at radius 1 is 0.788 bits per heavy atom. The molecule has 1 nitrogen and oxygen atoms in total. The zero-order valence-corrected chi connectivity index (χ0v) is 21.9. The first kappa shape index (κ1) is 26.5. The van der Waals surface area contributed by atoms with Crippen molar-refractivity contribution in [2.24, 2.45) is 23.7 Å². The largest absolute Gasteiger partial charge is 0.377 e. The van der Waals surface area contributed by atoms with Crippen molar-refractivity contribution in [2.75, 3.05) is 7.11 Å². The summed E-state index contributed by atoms with van der Waals surface area (Å²) >= 11 is 0. The molecule has 0 saturated heterocycles. The summed E-state index contributed by atoms with van der Waals surface area (Å²) in [6.07, 6.45) is 26.6. The Labute approximate surface area is 205 Å². The molecule has 0 aliphatic heterocycles. The van der Waals surface area contributed by atoms with E-state index in [4.69, 9.17) is 4.74 Å². The Morgan fingerprint density at radius 3 is 1.73 bits per heavy atom. The van der Waals surface area contributed by atoms with Crippen LogP contribution in [0.25, 0.3) is 0 Å². The molecule has 0 heterocycles. The molecule has 0 N–H and O–H groups in total. The SMILES string of the molecule is C=C[C@H]1CC[C@H](CCCC[C@H]2CC[C@H](CCCCc3ccc(C(CC)OC)cc3)CC2)CC1. The van der Waals surface area contributed by atoms with Crippen molar-refractivity contribution in [1.82, 2.24) is 0 Å². The first-order valence-corrected chi connectivity index (χ1v) is 14.5. The number of hydrogen-bond acceptors (Lipinski definition) is 1. The molecule has 1 unspecified atom stereocenters. The van der Waals surface area contributed by atoms with Crippen LogP contribution in [0.4, 0.5) is 0 Å².